The highest BCUT2D eigenvalue weighted by atomic mass is 15.2. The summed E-state index contributed by atoms with van der Waals surface area (Å²) >= 11 is 0. The van der Waals surface area contributed by atoms with Crippen molar-refractivity contribution >= 4 is 93.3 Å². The van der Waals surface area contributed by atoms with Gasteiger partial charge >= 0.3 is 0 Å². The summed E-state index contributed by atoms with van der Waals surface area (Å²) in [5.41, 5.74) is 13.7. The second-order valence-electron chi connectivity index (χ2n) is 17.3. The highest BCUT2D eigenvalue weighted by Crippen LogP contribution is 2.40. The number of benzene rings is 9. The number of hydrogen-bond acceptors (Lipinski definition) is 3. The highest BCUT2D eigenvalue weighted by Gasteiger charge is 2.23. The molecule has 8 heteroatoms. The first-order valence-electron chi connectivity index (χ1n) is 22.6. The number of aromatic nitrogens is 8. The van der Waals surface area contributed by atoms with E-state index < -0.39 is 0 Å². The average Bonchev–Trinajstić information content (AvgIpc) is 4.18. The Morgan fingerprint density at radius 3 is 1.30 bits per heavy atom. The van der Waals surface area contributed by atoms with Gasteiger partial charge in [-0.05, 0) is 84.9 Å². The second-order valence-corrected chi connectivity index (χ2v) is 17.3. The van der Waals surface area contributed by atoms with Crippen LogP contribution in [0.25, 0.3) is 128 Å². The summed E-state index contributed by atoms with van der Waals surface area (Å²) in [5, 5.41) is 6.99. The van der Waals surface area contributed by atoms with E-state index in [9.17, 15) is 0 Å². The van der Waals surface area contributed by atoms with Crippen LogP contribution in [0.1, 0.15) is 0 Å². The molecule has 0 aliphatic heterocycles. The van der Waals surface area contributed by atoms with Gasteiger partial charge in [0.15, 0.2) is 5.82 Å². The quantitative estimate of drug-likeness (QED) is 0.173. The van der Waals surface area contributed by atoms with Crippen molar-refractivity contribution in [2.24, 2.45) is 0 Å². The second kappa shape index (κ2) is 13.6. The molecule has 0 spiro atoms. The number of nitrogens with zero attached hydrogens (tertiary/aromatic N) is 8. The Bertz CT molecular complexity index is 4430. The lowest BCUT2D eigenvalue weighted by Crippen LogP contribution is -2.07. The molecule has 0 N–H and O–H groups in total. The monoisotopic (exact) mass is 856 g/mol. The van der Waals surface area contributed by atoms with E-state index in [4.69, 9.17) is 15.0 Å². The van der Waals surface area contributed by atoms with E-state index in [0.29, 0.717) is 5.82 Å². The molecule has 6 heterocycles. The molecule has 312 valence electrons. The van der Waals surface area contributed by atoms with Gasteiger partial charge in [0, 0.05) is 49.6 Å². The minimum atomic E-state index is 0.627. The van der Waals surface area contributed by atoms with Gasteiger partial charge in [0.05, 0.1) is 60.9 Å². The van der Waals surface area contributed by atoms with Crippen LogP contribution in [0, 0.1) is 0 Å². The Morgan fingerprint density at radius 2 is 0.716 bits per heavy atom. The summed E-state index contributed by atoms with van der Waals surface area (Å²) in [5.74, 6) is 3.06. The lowest BCUT2D eigenvalue weighted by molar-refractivity contribution is 0.991. The fourth-order valence-corrected chi connectivity index (χ4v) is 10.9. The van der Waals surface area contributed by atoms with Crippen molar-refractivity contribution in [1.82, 2.24) is 37.6 Å². The van der Waals surface area contributed by atoms with Gasteiger partial charge in [-0.2, -0.15) is 0 Å². The minimum absolute atomic E-state index is 0.627. The van der Waals surface area contributed by atoms with Gasteiger partial charge in [0.1, 0.15) is 11.6 Å². The standard InChI is InChI=1S/C59H36N8/c1-8-24-46-38(17-1)39-18-2-9-25-47(39)64(46)51-29-13-6-22-43(51)58-61-56(65-48-26-10-3-19-40(48)41-20-4-11-27-49(41)65)36-57(62-58)66-50-28-12-5-21-42(50)44-35-37(33-34-52(44)66)63-54-31-15-16-32-55(54)67-53-30-14-7-23-45(53)60-59(63)67/h1-36H. The first-order chi connectivity index (χ1) is 33.3. The van der Waals surface area contributed by atoms with Crippen molar-refractivity contribution in [3.8, 4) is 34.4 Å². The number of para-hydroxylation sites is 10. The van der Waals surface area contributed by atoms with Gasteiger partial charge in [0.25, 0.3) is 0 Å². The van der Waals surface area contributed by atoms with E-state index in [2.05, 4.69) is 241 Å². The lowest BCUT2D eigenvalue weighted by atomic mass is 10.1. The van der Waals surface area contributed by atoms with Crippen LogP contribution in [0.5, 0.6) is 0 Å². The van der Waals surface area contributed by atoms with Crippen molar-refractivity contribution < 1.29 is 0 Å². The Kier molecular flexibility index (Phi) is 7.34. The SMILES string of the molecule is c1ccc(-n2c3ccccc3c3ccccc32)c(-c2nc(-n3c4ccccc4c4ccccc43)cc(-n3c4ccccc4c4cc(-n5c6ccccc6n6c7ccccc7nc56)ccc43)n2)c1. The van der Waals surface area contributed by atoms with Gasteiger partial charge in [-0.15, -0.1) is 0 Å². The maximum Gasteiger partial charge on any atom is 0.220 e. The molecule has 0 bridgehead atoms. The number of fused-ring (bicyclic) bond motifs is 14. The number of hydrogen-bond donors (Lipinski definition) is 0. The van der Waals surface area contributed by atoms with E-state index in [0.717, 1.165) is 100 Å². The fraction of sp³-hybridized carbons (Fsp3) is 0. The van der Waals surface area contributed by atoms with Crippen molar-refractivity contribution in [3.63, 3.8) is 0 Å². The van der Waals surface area contributed by atoms with Crippen molar-refractivity contribution in [2.75, 3.05) is 0 Å². The third-order valence-corrected chi connectivity index (χ3v) is 13.7. The van der Waals surface area contributed by atoms with Crippen LogP contribution in [0.3, 0.4) is 0 Å². The molecule has 0 aliphatic carbocycles. The van der Waals surface area contributed by atoms with Gasteiger partial charge in [-0.1, -0.05) is 127 Å². The molecule has 0 amide bonds. The summed E-state index contributed by atoms with van der Waals surface area (Å²) in [6.07, 6.45) is 0. The van der Waals surface area contributed by atoms with Crippen molar-refractivity contribution in [1.29, 1.82) is 0 Å². The number of rotatable bonds is 5. The first-order valence-corrected chi connectivity index (χ1v) is 22.6. The summed E-state index contributed by atoms with van der Waals surface area (Å²) in [6.45, 7) is 0. The van der Waals surface area contributed by atoms with E-state index in [-0.39, 0.29) is 0 Å². The van der Waals surface area contributed by atoms with Crippen LogP contribution in [-0.4, -0.2) is 37.6 Å². The lowest BCUT2D eigenvalue weighted by Gasteiger charge is -2.16. The maximum absolute atomic E-state index is 5.63. The van der Waals surface area contributed by atoms with E-state index in [1.54, 1.807) is 0 Å². The number of imidazole rings is 2. The highest BCUT2D eigenvalue weighted by molar-refractivity contribution is 6.12. The fourth-order valence-electron chi connectivity index (χ4n) is 10.9. The normalized spacial score (nSPS) is 12.2. The predicted molar refractivity (Wildman–Crippen MR) is 274 cm³/mol. The molecule has 0 saturated heterocycles. The Hall–Kier alpha value is -9.27. The van der Waals surface area contributed by atoms with E-state index in [1.807, 2.05) is 0 Å². The maximum atomic E-state index is 5.63. The molecule has 9 aromatic carbocycles. The molecular weight excluding hydrogens is 821 g/mol. The van der Waals surface area contributed by atoms with Crippen molar-refractivity contribution in [2.45, 2.75) is 0 Å². The molecule has 0 saturated carbocycles. The van der Waals surface area contributed by atoms with E-state index in [1.165, 1.54) is 21.5 Å². The smallest absolute Gasteiger partial charge is 0.220 e. The average molecular weight is 857 g/mol. The van der Waals surface area contributed by atoms with Crippen LogP contribution in [0.15, 0.2) is 218 Å². The van der Waals surface area contributed by atoms with Gasteiger partial charge in [0.2, 0.25) is 5.78 Å². The van der Waals surface area contributed by atoms with Crippen LogP contribution >= 0.6 is 0 Å². The zero-order valence-corrected chi connectivity index (χ0v) is 35.9. The third-order valence-electron chi connectivity index (χ3n) is 13.7. The zero-order valence-electron chi connectivity index (χ0n) is 35.9. The summed E-state index contributed by atoms with van der Waals surface area (Å²) in [7, 11) is 0. The molecule has 0 radical (unpaired) electrons. The molecule has 0 unspecified atom stereocenters. The molecule has 0 atom stereocenters. The Balaban J connectivity index is 1.02. The summed E-state index contributed by atoms with van der Waals surface area (Å²) in [4.78, 5) is 16.4. The van der Waals surface area contributed by atoms with Crippen molar-refractivity contribution in [3.05, 3.63) is 218 Å². The Labute approximate surface area is 382 Å². The summed E-state index contributed by atoms with van der Waals surface area (Å²) in [6, 6.07) is 77.6. The first kappa shape index (κ1) is 36.1. The van der Waals surface area contributed by atoms with Gasteiger partial charge in [-0.3, -0.25) is 18.1 Å². The molecule has 15 rings (SSSR count). The molecule has 8 nitrogen and oxygen atoms in total. The van der Waals surface area contributed by atoms with Crippen LogP contribution < -0.4 is 0 Å². The molecule has 6 aromatic heterocycles. The topological polar surface area (TPSA) is 62.8 Å². The van der Waals surface area contributed by atoms with Crippen LogP contribution in [0.2, 0.25) is 0 Å². The molecule has 67 heavy (non-hydrogen) atoms. The Morgan fingerprint density at radius 1 is 0.284 bits per heavy atom. The molecule has 0 aliphatic rings. The largest absolute Gasteiger partial charge is 0.309 e. The molecule has 0 fully saturated rings. The van der Waals surface area contributed by atoms with Crippen LogP contribution in [-0.2, 0) is 0 Å². The zero-order chi connectivity index (χ0) is 43.7. The predicted octanol–water partition coefficient (Wildman–Crippen LogP) is 14.2. The minimum Gasteiger partial charge on any atom is -0.309 e. The van der Waals surface area contributed by atoms with Gasteiger partial charge < -0.3 is 4.57 Å². The summed E-state index contributed by atoms with van der Waals surface area (Å²) < 4.78 is 11.5. The van der Waals surface area contributed by atoms with Crippen LogP contribution in [0.4, 0.5) is 0 Å². The third kappa shape index (κ3) is 5.03. The molecule has 15 aromatic rings. The molecular formula is C59H36N8. The van der Waals surface area contributed by atoms with E-state index >= 15 is 0 Å². The van der Waals surface area contributed by atoms with Gasteiger partial charge in [-0.25, -0.2) is 15.0 Å².